The van der Waals surface area contributed by atoms with E-state index < -0.39 is 102 Å². The lowest BCUT2D eigenvalue weighted by Crippen LogP contribution is -2.68. The number of aliphatic hydroxyl groups excluding tert-OH is 5. The van der Waals surface area contributed by atoms with E-state index in [1.54, 1.807) is 19.9 Å². The highest BCUT2D eigenvalue weighted by Gasteiger charge is 2.58. The number of anilines is 3. The minimum atomic E-state index is -5.89. The van der Waals surface area contributed by atoms with Crippen molar-refractivity contribution in [2.75, 3.05) is 35.7 Å². The minimum Gasteiger partial charge on any atom is -0.756 e. The first-order chi connectivity index (χ1) is 25.2. The molecule has 0 aliphatic carbocycles. The van der Waals surface area contributed by atoms with Crippen LogP contribution in [0, 0.1) is 13.8 Å². The van der Waals surface area contributed by atoms with Gasteiger partial charge in [-0.05, 0) is 37.1 Å². The number of imide groups is 1. The lowest BCUT2D eigenvalue weighted by molar-refractivity contribution is -0.247. The molecular weight excluding hydrogens is 768 g/mol. The molecule has 2 saturated heterocycles. The van der Waals surface area contributed by atoms with Gasteiger partial charge in [0.05, 0.1) is 37.5 Å². The van der Waals surface area contributed by atoms with Gasteiger partial charge in [0.2, 0.25) is 0 Å². The molecule has 3 aromatic rings. The zero-order valence-corrected chi connectivity index (χ0v) is 29.7. The van der Waals surface area contributed by atoms with E-state index in [4.69, 9.17) is 10.5 Å². The number of ether oxygens (including phenoxy) is 1. The highest BCUT2D eigenvalue weighted by molar-refractivity contribution is 7.59. The van der Waals surface area contributed by atoms with Gasteiger partial charge in [-0.2, -0.15) is 0 Å². The summed E-state index contributed by atoms with van der Waals surface area (Å²) in [5, 5.41) is 59.7. The monoisotopic (exact) mass is 801 g/mol. The van der Waals surface area contributed by atoms with Crippen molar-refractivity contribution in [3.8, 4) is 0 Å². The van der Waals surface area contributed by atoms with Crippen molar-refractivity contribution in [3.05, 3.63) is 35.9 Å². The van der Waals surface area contributed by atoms with Crippen LogP contribution in [-0.4, -0.2) is 125 Å². The molecule has 25 nitrogen and oxygen atoms in total. The molecule has 27 heteroatoms. The summed E-state index contributed by atoms with van der Waals surface area (Å²) in [5.74, 6) is -2.12. The number of nitrogens with two attached hydrogens (primary N) is 1. The van der Waals surface area contributed by atoms with Crippen LogP contribution in [-0.2, 0) is 36.8 Å². The predicted octanol–water partition coefficient (Wildman–Crippen LogP) is -4.29. The van der Waals surface area contributed by atoms with Crippen molar-refractivity contribution in [3.63, 3.8) is 0 Å². The van der Waals surface area contributed by atoms with E-state index in [1.807, 2.05) is 5.32 Å². The van der Waals surface area contributed by atoms with Crippen molar-refractivity contribution >= 4 is 61.8 Å². The number of fused-ring (bicyclic) bond motifs is 2. The summed E-state index contributed by atoms with van der Waals surface area (Å²) in [4.78, 5) is 75.6. The van der Waals surface area contributed by atoms with Crippen molar-refractivity contribution in [2.24, 2.45) is 0 Å². The van der Waals surface area contributed by atoms with Gasteiger partial charge < -0.3 is 65.1 Å². The molecule has 2 unspecified atom stereocenters. The van der Waals surface area contributed by atoms with E-state index in [1.165, 1.54) is 17.0 Å². The first kappa shape index (κ1) is 39.5. The zero-order valence-electron chi connectivity index (χ0n) is 27.9. The Bertz CT molecular complexity index is 2090. The lowest BCUT2D eigenvalue weighted by atomic mass is 9.98. The van der Waals surface area contributed by atoms with E-state index in [-0.39, 0.29) is 28.4 Å². The molecule has 0 saturated carbocycles. The van der Waals surface area contributed by atoms with Crippen molar-refractivity contribution in [1.29, 1.82) is 0 Å². The van der Waals surface area contributed by atoms with Gasteiger partial charge in [-0.15, -0.1) is 0 Å². The van der Waals surface area contributed by atoms with Crippen molar-refractivity contribution < 1.29 is 76.9 Å². The van der Waals surface area contributed by atoms with E-state index in [2.05, 4.69) is 38.9 Å². The van der Waals surface area contributed by atoms with Crippen LogP contribution in [0.2, 0.25) is 0 Å². The molecule has 1 aromatic carbocycles. The van der Waals surface area contributed by atoms with Crippen LogP contribution in [0.1, 0.15) is 17.4 Å². The Morgan fingerprint density at radius 2 is 1.69 bits per heavy atom. The largest absolute Gasteiger partial charge is 0.756 e. The number of aryl methyl sites for hydroxylation is 2. The standard InChI is InChI=1S/C27H35N9O16P2/c1-10-3-12-13(4-11(10)2)35(25(43)27(33-12)24(42)32-26(44)34-27)5-14(37)18(39)15(38)6-49-53(45,46)52-54(47,48)50-7-16-19(40)20(41)23(51-16)36-9-31-17-21(28)29-8-30-22(17)36/h3-4,8-9,14-16,18-20,23,33,37-41H,5-7H2,1-2H3,(H,45,46)(H,47,48)(H2,28,29,30)(H2,32,34,42,44)/p-2/t14-,15+,16+,18-,19+,20+,23+,27+/m0/s1. The van der Waals surface area contributed by atoms with Crippen LogP contribution in [0.25, 0.3) is 11.2 Å². The molecular formula is C27H33N9O16P2-2. The number of aliphatic hydroxyl groups is 5. The molecule has 3 aliphatic rings. The number of nitrogens with zero attached hydrogens (tertiary/aromatic N) is 5. The Kier molecular flexibility index (Phi) is 10.6. The maximum absolute atomic E-state index is 13.6. The van der Waals surface area contributed by atoms with Crippen LogP contribution >= 0.6 is 15.6 Å². The van der Waals surface area contributed by atoms with Gasteiger partial charge in [0, 0.05) is 0 Å². The second-order valence-electron chi connectivity index (χ2n) is 12.5. The number of carbonyl (C=O) groups is 3. The molecule has 3 aliphatic heterocycles. The summed E-state index contributed by atoms with van der Waals surface area (Å²) in [7, 11) is -11.7. The second-order valence-corrected chi connectivity index (χ2v) is 15.4. The molecule has 2 aromatic heterocycles. The third-order valence-corrected chi connectivity index (χ3v) is 11.3. The SMILES string of the molecule is Cc1cc2c(cc1C)N(C[C@H](O)[C@H](O)[C@H](O)COP(=O)([O-])OP(=O)([O-])OC[C@H]1O[C@@H](n3cnc4c(N)ncnc43)[C@H](O)[C@@H]1O)C(=O)[C@@]1(NC(=O)NC1=O)N2. The third-order valence-electron chi connectivity index (χ3n) is 8.82. The van der Waals surface area contributed by atoms with Crippen LogP contribution in [0.5, 0.6) is 0 Å². The van der Waals surface area contributed by atoms with E-state index >= 15 is 0 Å². The summed E-state index contributed by atoms with van der Waals surface area (Å²) in [5.41, 5.74) is 5.39. The number of nitrogen functional groups attached to an aromatic ring is 1. The van der Waals surface area contributed by atoms with E-state index in [9.17, 15) is 58.8 Å². The van der Waals surface area contributed by atoms with Gasteiger partial charge in [0.1, 0.15) is 48.5 Å². The Morgan fingerprint density at radius 1 is 1.00 bits per heavy atom. The molecule has 0 radical (unpaired) electrons. The molecule has 0 bridgehead atoms. The maximum atomic E-state index is 13.6. The van der Waals surface area contributed by atoms with Crippen molar-refractivity contribution in [1.82, 2.24) is 30.2 Å². The van der Waals surface area contributed by atoms with Crippen LogP contribution in [0.3, 0.4) is 0 Å². The molecule has 54 heavy (non-hydrogen) atoms. The summed E-state index contributed by atoms with van der Waals surface area (Å²) in [6.45, 7) is 0.190. The number of β-amino-alcohol motifs (C(OH)–C–C–N with tert-alkyl or cyclic N) is 1. The first-order valence-corrected chi connectivity index (χ1v) is 18.6. The maximum Gasteiger partial charge on any atom is 0.324 e. The smallest absolute Gasteiger partial charge is 0.324 e. The average Bonchev–Trinajstić information content (AvgIpc) is 3.74. The third kappa shape index (κ3) is 7.42. The van der Waals surface area contributed by atoms with Crippen LogP contribution in [0.15, 0.2) is 24.8 Å². The number of hydrogen-bond donors (Lipinski definition) is 9. The second kappa shape index (κ2) is 14.5. The summed E-state index contributed by atoms with van der Waals surface area (Å²) < 4.78 is 44.4. The fourth-order valence-electron chi connectivity index (χ4n) is 5.87. The Morgan fingerprint density at radius 3 is 2.37 bits per heavy atom. The van der Waals surface area contributed by atoms with Gasteiger partial charge in [0.25, 0.3) is 33.1 Å². The van der Waals surface area contributed by atoms with Gasteiger partial charge >= 0.3 is 6.03 Å². The quantitative estimate of drug-likeness (QED) is 0.0448. The number of aromatic nitrogens is 4. The molecule has 5 heterocycles. The number of nitrogens with one attached hydrogen (secondary N) is 3. The number of hydrogen-bond acceptors (Lipinski definition) is 21. The van der Waals surface area contributed by atoms with Crippen LogP contribution in [0.4, 0.5) is 22.0 Å². The average molecular weight is 802 g/mol. The molecule has 1 spiro atoms. The fourth-order valence-corrected chi connectivity index (χ4v) is 7.89. The highest BCUT2D eigenvalue weighted by Crippen LogP contribution is 2.56. The number of imidazole rings is 1. The minimum absolute atomic E-state index is 0.00715. The fraction of sp³-hybridized carbons (Fsp3) is 0.481. The topological polar surface area (TPSA) is 378 Å². The van der Waals surface area contributed by atoms with E-state index in [0.717, 1.165) is 16.8 Å². The normalized spacial score (nSPS) is 27.9. The predicted molar refractivity (Wildman–Crippen MR) is 173 cm³/mol. The zero-order chi connectivity index (χ0) is 39.5. The number of carbonyl (C=O) groups excluding carboxylic acids is 3. The number of rotatable bonds is 13. The number of urea groups is 1. The first-order valence-electron chi connectivity index (χ1n) is 15.7. The summed E-state index contributed by atoms with van der Waals surface area (Å²) in [6.07, 6.45) is -10.6. The van der Waals surface area contributed by atoms with Gasteiger partial charge in [-0.3, -0.25) is 33.9 Å². The summed E-state index contributed by atoms with van der Waals surface area (Å²) >= 11 is 0. The van der Waals surface area contributed by atoms with E-state index in [0.29, 0.717) is 5.56 Å². The Labute approximate surface area is 302 Å². The Balaban J connectivity index is 1.04. The molecule has 4 amide bonds. The highest BCUT2D eigenvalue weighted by atomic mass is 31.3. The Hall–Kier alpha value is -4.20. The molecule has 2 fully saturated rings. The van der Waals surface area contributed by atoms with Gasteiger partial charge in [-0.25, -0.2) is 24.1 Å². The van der Waals surface area contributed by atoms with Gasteiger partial charge in [-0.1, -0.05) is 0 Å². The van der Waals surface area contributed by atoms with Crippen LogP contribution < -0.4 is 36.4 Å². The molecule has 294 valence electrons. The number of phosphoric acid groups is 2. The molecule has 10 N–H and O–H groups in total. The van der Waals surface area contributed by atoms with Crippen molar-refractivity contribution in [2.45, 2.75) is 62.4 Å². The number of phosphoric ester groups is 2. The molecule has 6 rings (SSSR count). The number of benzene rings is 1. The summed E-state index contributed by atoms with van der Waals surface area (Å²) in [6, 6.07) is 2.10. The lowest BCUT2D eigenvalue weighted by Gasteiger charge is -2.41. The van der Waals surface area contributed by atoms with Gasteiger partial charge in [0.15, 0.2) is 17.7 Å². The molecule has 10 atom stereocenters. The number of amides is 4.